The Bertz CT molecular complexity index is 546. The number of aromatic nitrogens is 2. The van der Waals surface area contributed by atoms with Crippen LogP contribution in [0.2, 0.25) is 0 Å². The minimum Gasteiger partial charge on any atom is -0.248 e. The lowest BCUT2D eigenvalue weighted by Gasteiger charge is -2.06. The van der Waals surface area contributed by atoms with Gasteiger partial charge in [-0.3, -0.25) is 0 Å². The summed E-state index contributed by atoms with van der Waals surface area (Å²) < 4.78 is 25.1. The molecule has 0 amide bonds. The van der Waals surface area contributed by atoms with Crippen molar-refractivity contribution in [3.8, 4) is 0 Å². The van der Waals surface area contributed by atoms with Gasteiger partial charge in [0.1, 0.15) is 0 Å². The monoisotopic (exact) mass is 364 g/mol. The van der Waals surface area contributed by atoms with E-state index in [4.69, 9.17) is 0 Å². The molecule has 0 radical (unpaired) electrons. The van der Waals surface area contributed by atoms with Gasteiger partial charge in [-0.05, 0) is 12.1 Å². The fourth-order valence-electron chi connectivity index (χ4n) is 1.49. The summed E-state index contributed by atoms with van der Waals surface area (Å²) in [7, 11) is 0. The molecule has 2 rings (SSSR count). The van der Waals surface area contributed by atoms with E-state index in [1.54, 1.807) is 6.07 Å². The molecule has 0 fully saturated rings. The number of hydrogen-bond donors (Lipinski definition) is 0. The van der Waals surface area contributed by atoms with Crippen molar-refractivity contribution in [1.82, 2.24) is 9.97 Å². The first-order valence-corrected chi connectivity index (χ1v) is 7.09. The van der Waals surface area contributed by atoms with Crippen molar-refractivity contribution in [3.05, 3.63) is 35.2 Å². The van der Waals surface area contributed by atoms with E-state index in [1.165, 1.54) is 12.1 Å². The maximum absolute atomic E-state index is 12.6. The Morgan fingerprint density at radius 1 is 1.00 bits per heavy atom. The van der Waals surface area contributed by atoms with Gasteiger partial charge in [-0.1, -0.05) is 37.9 Å². The quantitative estimate of drug-likeness (QED) is 0.755. The van der Waals surface area contributed by atoms with Crippen molar-refractivity contribution < 1.29 is 8.78 Å². The van der Waals surface area contributed by atoms with E-state index < -0.39 is 6.43 Å². The second kappa shape index (κ2) is 5.35. The summed E-state index contributed by atoms with van der Waals surface area (Å²) in [4.78, 5) is 8.72. The molecule has 0 bridgehead atoms. The smallest absolute Gasteiger partial charge is 0.248 e. The maximum Gasteiger partial charge on any atom is 0.263 e. The normalized spacial score (nSPS) is 11.4. The van der Waals surface area contributed by atoms with E-state index in [-0.39, 0.29) is 5.56 Å². The molecule has 17 heavy (non-hydrogen) atoms. The largest absolute Gasteiger partial charge is 0.263 e. The first-order valence-electron chi connectivity index (χ1n) is 4.85. The Labute approximate surface area is 114 Å². The van der Waals surface area contributed by atoms with Crippen LogP contribution in [0, 0.1) is 0 Å². The molecule has 1 aromatic heterocycles. The Kier molecular flexibility index (Phi) is 4.04. The number of halogens is 4. The van der Waals surface area contributed by atoms with Crippen LogP contribution in [-0.4, -0.2) is 9.97 Å². The summed E-state index contributed by atoms with van der Waals surface area (Å²) in [5.41, 5.74) is 2.69. The predicted molar refractivity (Wildman–Crippen MR) is 69.8 cm³/mol. The number of benzene rings is 1. The van der Waals surface area contributed by atoms with Crippen LogP contribution in [0.25, 0.3) is 11.0 Å². The molecule has 0 spiro atoms. The van der Waals surface area contributed by atoms with Crippen molar-refractivity contribution in [2.45, 2.75) is 17.1 Å². The molecule has 0 unspecified atom stereocenters. The zero-order valence-electron chi connectivity index (χ0n) is 8.63. The van der Waals surface area contributed by atoms with Crippen molar-refractivity contribution in [2.24, 2.45) is 0 Å². The lowest BCUT2D eigenvalue weighted by atomic mass is 10.2. The van der Waals surface area contributed by atoms with Crippen molar-refractivity contribution >= 4 is 42.9 Å². The highest BCUT2D eigenvalue weighted by Gasteiger charge is 2.11. The van der Waals surface area contributed by atoms with E-state index in [2.05, 4.69) is 41.8 Å². The van der Waals surface area contributed by atoms with Crippen LogP contribution in [-0.2, 0) is 10.7 Å². The average molecular weight is 366 g/mol. The Morgan fingerprint density at radius 2 is 1.59 bits per heavy atom. The number of hydrogen-bond acceptors (Lipinski definition) is 2. The summed E-state index contributed by atoms with van der Waals surface area (Å²) in [6, 6.07) is 4.35. The summed E-state index contributed by atoms with van der Waals surface area (Å²) in [5, 5.41) is 1.14. The summed E-state index contributed by atoms with van der Waals surface area (Å²) in [6.45, 7) is 0. The van der Waals surface area contributed by atoms with Crippen molar-refractivity contribution in [1.29, 1.82) is 0 Å². The third-order valence-corrected chi connectivity index (χ3v) is 3.41. The fraction of sp³-hybridized carbons (Fsp3) is 0.273. The molecule has 0 saturated carbocycles. The Hall–Kier alpha value is -0.620. The molecule has 1 aromatic carbocycles. The molecule has 2 nitrogen and oxygen atoms in total. The highest BCUT2D eigenvalue weighted by molar-refractivity contribution is 9.09. The van der Waals surface area contributed by atoms with Gasteiger partial charge >= 0.3 is 0 Å². The molecule has 0 atom stereocenters. The van der Waals surface area contributed by atoms with Gasteiger partial charge < -0.3 is 0 Å². The number of alkyl halides is 4. The minimum atomic E-state index is -2.48. The number of fused-ring (bicyclic) bond motifs is 1. The number of rotatable bonds is 3. The van der Waals surface area contributed by atoms with Gasteiger partial charge in [0, 0.05) is 16.2 Å². The molecule has 90 valence electrons. The van der Waals surface area contributed by atoms with Crippen LogP contribution in [0.4, 0.5) is 8.78 Å². The van der Waals surface area contributed by atoms with Gasteiger partial charge in [-0.15, -0.1) is 0 Å². The van der Waals surface area contributed by atoms with E-state index in [0.29, 0.717) is 21.7 Å². The van der Waals surface area contributed by atoms with Gasteiger partial charge in [-0.2, -0.15) is 0 Å². The average Bonchev–Trinajstić information content (AvgIpc) is 2.36. The van der Waals surface area contributed by atoms with Gasteiger partial charge in [0.25, 0.3) is 6.43 Å². The lowest BCUT2D eigenvalue weighted by Crippen LogP contribution is -1.99. The Balaban J connectivity index is 2.62. The molecule has 2 aromatic rings. The highest BCUT2D eigenvalue weighted by atomic mass is 79.9. The van der Waals surface area contributed by atoms with Crippen LogP contribution >= 0.6 is 31.9 Å². The topological polar surface area (TPSA) is 25.8 Å². The molecular weight excluding hydrogens is 358 g/mol. The first-order chi connectivity index (χ1) is 8.15. The standard InChI is InChI=1S/C11H8Br2F2N2/c12-4-9-10(5-13)17-8-3-6(11(14)15)1-2-7(8)16-9/h1-3,11H,4-5H2. The van der Waals surface area contributed by atoms with Gasteiger partial charge in [0.05, 0.1) is 22.4 Å². The number of nitrogens with zero attached hydrogens (tertiary/aromatic N) is 2. The van der Waals surface area contributed by atoms with E-state index >= 15 is 0 Å². The van der Waals surface area contributed by atoms with E-state index in [1.807, 2.05) is 0 Å². The van der Waals surface area contributed by atoms with Gasteiger partial charge in [0.2, 0.25) is 0 Å². The molecule has 0 aliphatic heterocycles. The summed E-state index contributed by atoms with van der Waals surface area (Å²) in [5.74, 6) is 0. The molecule has 0 saturated heterocycles. The first kappa shape index (κ1) is 12.8. The molecule has 0 aliphatic carbocycles. The minimum absolute atomic E-state index is 0.0288. The van der Waals surface area contributed by atoms with Crippen LogP contribution in [0.5, 0.6) is 0 Å². The molecule has 6 heteroatoms. The molecular formula is C11H8Br2F2N2. The van der Waals surface area contributed by atoms with Crippen molar-refractivity contribution in [3.63, 3.8) is 0 Å². The highest BCUT2D eigenvalue weighted by Crippen LogP contribution is 2.23. The second-order valence-corrected chi connectivity index (χ2v) is 4.55. The predicted octanol–water partition coefficient (Wildman–Crippen LogP) is 4.36. The zero-order chi connectivity index (χ0) is 12.4. The molecule has 1 heterocycles. The van der Waals surface area contributed by atoms with Crippen molar-refractivity contribution in [2.75, 3.05) is 0 Å². The third-order valence-electron chi connectivity index (χ3n) is 2.35. The van der Waals surface area contributed by atoms with Gasteiger partial charge in [0.15, 0.2) is 0 Å². The summed E-state index contributed by atoms with van der Waals surface area (Å²) in [6.07, 6.45) is -2.48. The zero-order valence-corrected chi connectivity index (χ0v) is 11.8. The Morgan fingerprint density at radius 3 is 2.12 bits per heavy atom. The SMILES string of the molecule is FC(F)c1ccc2nc(CBr)c(CBr)nc2c1. The lowest BCUT2D eigenvalue weighted by molar-refractivity contribution is 0.151. The fourth-order valence-corrected chi connectivity index (χ4v) is 2.39. The summed E-state index contributed by atoms with van der Waals surface area (Å²) >= 11 is 6.64. The van der Waals surface area contributed by atoms with Gasteiger partial charge in [-0.25, -0.2) is 18.7 Å². The second-order valence-electron chi connectivity index (χ2n) is 3.43. The molecule has 0 N–H and O–H groups in total. The van der Waals surface area contributed by atoms with E-state index in [9.17, 15) is 8.78 Å². The third kappa shape index (κ3) is 2.63. The van der Waals surface area contributed by atoms with Crippen LogP contribution in [0.1, 0.15) is 23.4 Å². The van der Waals surface area contributed by atoms with Crippen LogP contribution in [0.3, 0.4) is 0 Å². The maximum atomic E-state index is 12.6. The molecule has 0 aliphatic rings. The van der Waals surface area contributed by atoms with Crippen LogP contribution in [0.15, 0.2) is 18.2 Å². The van der Waals surface area contributed by atoms with E-state index in [0.717, 1.165) is 11.4 Å². The van der Waals surface area contributed by atoms with Crippen LogP contribution < -0.4 is 0 Å².